The molecule has 2 fully saturated rings. The maximum Gasteiger partial charge on any atom is 0.312 e. The molecule has 1 amide bonds. The lowest BCUT2D eigenvalue weighted by Crippen LogP contribution is -2.39. The lowest BCUT2D eigenvalue weighted by molar-refractivity contribution is -0.149. The van der Waals surface area contributed by atoms with Crippen molar-refractivity contribution in [2.24, 2.45) is 11.8 Å². The Labute approximate surface area is 128 Å². The van der Waals surface area contributed by atoms with Gasteiger partial charge in [-0.3, -0.25) is 9.59 Å². The van der Waals surface area contributed by atoms with Crippen LogP contribution in [0.4, 0.5) is 5.69 Å². The molecule has 3 heterocycles. The van der Waals surface area contributed by atoms with Crippen molar-refractivity contribution in [3.63, 3.8) is 0 Å². The highest BCUT2D eigenvalue weighted by Crippen LogP contribution is 2.52. The first kappa shape index (κ1) is 13.5. The summed E-state index contributed by atoms with van der Waals surface area (Å²) in [5.74, 6) is -1.47. The fourth-order valence-corrected chi connectivity index (χ4v) is 3.92. The van der Waals surface area contributed by atoms with Crippen LogP contribution in [0, 0.1) is 18.8 Å². The SMILES string of the molecule is COC(=O)[C@H]1[C@H]2C=C[C@@]3(CN(c4cccc(C)c4)C(=O)[C@@H]13)O2. The van der Waals surface area contributed by atoms with Gasteiger partial charge in [-0.25, -0.2) is 0 Å². The highest BCUT2D eigenvalue weighted by Gasteiger charge is 2.67. The van der Waals surface area contributed by atoms with Crippen molar-refractivity contribution in [3.05, 3.63) is 42.0 Å². The second-order valence-corrected chi connectivity index (χ2v) is 6.19. The van der Waals surface area contributed by atoms with E-state index in [2.05, 4.69) is 0 Å². The average molecular weight is 299 g/mol. The molecule has 0 saturated carbocycles. The van der Waals surface area contributed by atoms with Gasteiger partial charge in [-0.15, -0.1) is 0 Å². The van der Waals surface area contributed by atoms with Crippen LogP contribution in [-0.4, -0.2) is 37.2 Å². The summed E-state index contributed by atoms with van der Waals surface area (Å²) < 4.78 is 10.9. The summed E-state index contributed by atoms with van der Waals surface area (Å²) in [6, 6.07) is 7.79. The van der Waals surface area contributed by atoms with Gasteiger partial charge in [0.25, 0.3) is 0 Å². The summed E-state index contributed by atoms with van der Waals surface area (Å²) in [4.78, 5) is 26.7. The van der Waals surface area contributed by atoms with Gasteiger partial charge in [0.05, 0.1) is 25.7 Å². The van der Waals surface area contributed by atoms with Crippen LogP contribution in [-0.2, 0) is 19.1 Å². The number of ether oxygens (including phenoxy) is 2. The molecule has 1 aromatic carbocycles. The number of anilines is 1. The molecule has 1 spiro atoms. The smallest absolute Gasteiger partial charge is 0.312 e. The van der Waals surface area contributed by atoms with Gasteiger partial charge >= 0.3 is 5.97 Å². The average Bonchev–Trinajstić information content (AvgIpc) is 3.15. The topological polar surface area (TPSA) is 55.8 Å². The number of carbonyl (C=O) groups is 2. The van der Waals surface area contributed by atoms with Crippen LogP contribution < -0.4 is 4.90 Å². The number of hydrogen-bond donors (Lipinski definition) is 0. The number of nitrogens with zero attached hydrogens (tertiary/aromatic N) is 1. The highest BCUT2D eigenvalue weighted by atomic mass is 16.5. The Hall–Kier alpha value is -2.14. The summed E-state index contributed by atoms with van der Waals surface area (Å²) >= 11 is 0. The van der Waals surface area contributed by atoms with Gasteiger partial charge in [0.2, 0.25) is 5.91 Å². The summed E-state index contributed by atoms with van der Waals surface area (Å²) in [5, 5.41) is 0. The summed E-state index contributed by atoms with van der Waals surface area (Å²) in [7, 11) is 1.35. The van der Waals surface area contributed by atoms with Gasteiger partial charge in [0.1, 0.15) is 11.5 Å². The van der Waals surface area contributed by atoms with E-state index in [-0.39, 0.29) is 18.0 Å². The largest absolute Gasteiger partial charge is 0.469 e. The second-order valence-electron chi connectivity index (χ2n) is 6.19. The fourth-order valence-electron chi connectivity index (χ4n) is 3.92. The molecule has 0 aliphatic carbocycles. The van der Waals surface area contributed by atoms with E-state index in [9.17, 15) is 9.59 Å². The van der Waals surface area contributed by atoms with Gasteiger partial charge < -0.3 is 14.4 Å². The summed E-state index contributed by atoms with van der Waals surface area (Å²) in [6.45, 7) is 2.43. The van der Waals surface area contributed by atoms with Crippen molar-refractivity contribution >= 4 is 17.6 Å². The van der Waals surface area contributed by atoms with E-state index in [0.29, 0.717) is 6.54 Å². The van der Waals surface area contributed by atoms with Crippen LogP contribution in [0.3, 0.4) is 0 Å². The molecule has 4 rings (SSSR count). The van der Waals surface area contributed by atoms with Crippen LogP contribution in [0.15, 0.2) is 36.4 Å². The molecule has 0 radical (unpaired) electrons. The number of methoxy groups -OCH3 is 1. The zero-order chi connectivity index (χ0) is 15.5. The molecule has 1 aromatic rings. The number of carbonyl (C=O) groups excluding carboxylic acids is 2. The normalized spacial score (nSPS) is 35.1. The van der Waals surface area contributed by atoms with Crippen molar-refractivity contribution in [1.29, 1.82) is 0 Å². The number of fused-ring (bicyclic) bond motifs is 1. The predicted molar refractivity (Wildman–Crippen MR) is 79.3 cm³/mol. The highest BCUT2D eigenvalue weighted by molar-refractivity contribution is 6.02. The van der Waals surface area contributed by atoms with Crippen LogP contribution in [0.1, 0.15) is 5.56 Å². The number of hydrogen-bond acceptors (Lipinski definition) is 4. The standard InChI is InChI=1S/C17H17NO4/c1-10-4-3-5-11(8-10)18-9-17-7-6-12(22-17)13(16(20)21-2)14(17)15(18)19/h3-8,12-14H,9H2,1-2H3/t12-,13+,14-,17+/m1/s1. The predicted octanol–water partition coefficient (Wildman–Crippen LogP) is 1.45. The van der Waals surface area contributed by atoms with Crippen molar-refractivity contribution in [2.45, 2.75) is 18.6 Å². The lowest BCUT2D eigenvalue weighted by Gasteiger charge is -2.22. The zero-order valence-electron chi connectivity index (χ0n) is 12.5. The minimum Gasteiger partial charge on any atom is -0.469 e. The van der Waals surface area contributed by atoms with Gasteiger partial charge in [-0.1, -0.05) is 24.3 Å². The monoisotopic (exact) mass is 299 g/mol. The molecular weight excluding hydrogens is 282 g/mol. The number of benzene rings is 1. The van der Waals surface area contributed by atoms with Crippen molar-refractivity contribution in [1.82, 2.24) is 0 Å². The first-order valence-corrected chi connectivity index (χ1v) is 7.39. The van der Waals surface area contributed by atoms with E-state index in [4.69, 9.17) is 9.47 Å². The molecule has 0 N–H and O–H groups in total. The molecule has 2 bridgehead atoms. The number of esters is 1. The molecule has 0 aromatic heterocycles. The Morgan fingerprint density at radius 1 is 1.45 bits per heavy atom. The quantitative estimate of drug-likeness (QED) is 0.613. The van der Waals surface area contributed by atoms with E-state index in [1.165, 1.54) is 7.11 Å². The van der Waals surface area contributed by atoms with E-state index < -0.39 is 17.4 Å². The molecule has 4 atom stereocenters. The fraction of sp³-hybridized carbons (Fsp3) is 0.412. The number of amides is 1. The van der Waals surface area contributed by atoms with E-state index >= 15 is 0 Å². The first-order chi connectivity index (χ1) is 10.6. The Kier molecular flexibility index (Phi) is 2.72. The molecule has 3 aliphatic heterocycles. The maximum absolute atomic E-state index is 12.9. The van der Waals surface area contributed by atoms with Crippen LogP contribution >= 0.6 is 0 Å². The molecule has 22 heavy (non-hydrogen) atoms. The molecular formula is C17H17NO4. The second kappa shape index (κ2) is 4.43. The first-order valence-electron chi connectivity index (χ1n) is 7.39. The van der Waals surface area contributed by atoms with Crippen LogP contribution in [0.2, 0.25) is 0 Å². The van der Waals surface area contributed by atoms with Crippen molar-refractivity contribution < 1.29 is 19.1 Å². The van der Waals surface area contributed by atoms with E-state index in [1.54, 1.807) is 4.90 Å². The Bertz CT molecular complexity index is 698. The summed E-state index contributed by atoms with van der Waals surface area (Å²) in [5.41, 5.74) is 1.24. The zero-order valence-corrected chi connectivity index (χ0v) is 12.5. The van der Waals surface area contributed by atoms with Crippen LogP contribution in [0.25, 0.3) is 0 Å². The van der Waals surface area contributed by atoms with Crippen molar-refractivity contribution in [2.75, 3.05) is 18.6 Å². The number of aryl methyl sites for hydroxylation is 1. The van der Waals surface area contributed by atoms with Crippen molar-refractivity contribution in [3.8, 4) is 0 Å². The third-order valence-corrected chi connectivity index (χ3v) is 4.89. The molecule has 2 saturated heterocycles. The Balaban J connectivity index is 1.73. The minimum atomic E-state index is -0.690. The van der Waals surface area contributed by atoms with E-state index in [1.807, 2.05) is 43.3 Å². The molecule has 5 heteroatoms. The summed E-state index contributed by atoms with van der Waals surface area (Å²) in [6.07, 6.45) is 3.47. The Morgan fingerprint density at radius 3 is 3.00 bits per heavy atom. The molecule has 3 aliphatic rings. The maximum atomic E-state index is 12.9. The molecule has 114 valence electrons. The van der Waals surface area contributed by atoms with Gasteiger partial charge in [-0.2, -0.15) is 0 Å². The van der Waals surface area contributed by atoms with Gasteiger partial charge in [0, 0.05) is 5.69 Å². The lowest BCUT2D eigenvalue weighted by atomic mass is 9.77. The number of rotatable bonds is 2. The third-order valence-electron chi connectivity index (χ3n) is 4.89. The van der Waals surface area contributed by atoms with Crippen LogP contribution in [0.5, 0.6) is 0 Å². The third kappa shape index (κ3) is 1.63. The van der Waals surface area contributed by atoms with E-state index in [0.717, 1.165) is 11.3 Å². The molecule has 5 nitrogen and oxygen atoms in total. The van der Waals surface area contributed by atoms with Gasteiger partial charge in [0.15, 0.2) is 0 Å². The minimum absolute atomic E-state index is 0.0622. The van der Waals surface area contributed by atoms with Gasteiger partial charge in [-0.05, 0) is 24.6 Å². The Morgan fingerprint density at radius 2 is 2.27 bits per heavy atom. The molecule has 0 unspecified atom stereocenters.